The number of rotatable bonds is 1. The molecule has 16 heavy (non-hydrogen) atoms. The minimum Gasteiger partial charge on any atom is -0.328 e. The Bertz CT molecular complexity index is 427. The van der Waals surface area contributed by atoms with Crippen molar-refractivity contribution in [3.05, 3.63) is 23.2 Å². The smallest absolute Gasteiger partial charge is 0.104 e. The average Bonchev–Trinajstić information content (AvgIpc) is 2.81. The van der Waals surface area contributed by atoms with Gasteiger partial charge in [0.15, 0.2) is 0 Å². The highest BCUT2D eigenvalue weighted by atomic mass is 35.5. The van der Waals surface area contributed by atoms with Gasteiger partial charge in [-0.25, -0.2) is 4.40 Å². The zero-order valence-corrected chi connectivity index (χ0v) is 10.5. The lowest BCUT2D eigenvalue weighted by Gasteiger charge is -2.30. The van der Waals surface area contributed by atoms with E-state index in [1.54, 1.807) is 0 Å². The van der Waals surface area contributed by atoms with Crippen LogP contribution in [0.2, 0.25) is 5.02 Å². The lowest BCUT2D eigenvalue weighted by molar-refractivity contribution is 0.691. The van der Waals surface area contributed by atoms with Crippen molar-refractivity contribution < 1.29 is 0 Å². The number of hydrogen-bond donors (Lipinski definition) is 0. The molecule has 1 fully saturated rings. The van der Waals surface area contributed by atoms with Gasteiger partial charge in [0.1, 0.15) is 6.34 Å². The summed E-state index contributed by atoms with van der Waals surface area (Å²) < 4.78 is 4.34. The maximum Gasteiger partial charge on any atom is 0.104 e. The quantitative estimate of drug-likeness (QED) is 0.698. The van der Waals surface area contributed by atoms with Gasteiger partial charge < -0.3 is 4.90 Å². The van der Waals surface area contributed by atoms with Gasteiger partial charge in [0.05, 0.1) is 10.6 Å². The predicted octanol–water partition coefficient (Wildman–Crippen LogP) is 4.14. The molecule has 3 rings (SSSR count). The number of halogens is 1. The number of anilines is 1. The molecule has 0 radical (unpaired) electrons. The van der Waals surface area contributed by atoms with Crippen LogP contribution in [0.3, 0.4) is 0 Å². The average molecular weight is 253 g/mol. The molecule has 0 saturated heterocycles. The summed E-state index contributed by atoms with van der Waals surface area (Å²) in [7, 11) is 0. The van der Waals surface area contributed by atoms with Gasteiger partial charge in [-0.05, 0) is 31.0 Å². The Morgan fingerprint density at radius 2 is 2.12 bits per heavy atom. The Balaban J connectivity index is 1.96. The number of hydrogen-bond acceptors (Lipinski definition) is 3. The van der Waals surface area contributed by atoms with E-state index in [1.165, 1.54) is 48.2 Å². The lowest BCUT2D eigenvalue weighted by atomic mass is 10.2. The SMILES string of the molecule is Clc1ccc2c(c1)SN=CN2C1CCCC1. The summed E-state index contributed by atoms with van der Waals surface area (Å²) in [6.07, 6.45) is 7.20. The molecule has 84 valence electrons. The minimum atomic E-state index is 0.629. The molecular weight excluding hydrogens is 240 g/mol. The van der Waals surface area contributed by atoms with Crippen molar-refractivity contribution in [3.63, 3.8) is 0 Å². The molecule has 1 aromatic rings. The van der Waals surface area contributed by atoms with E-state index < -0.39 is 0 Å². The van der Waals surface area contributed by atoms with Crippen LogP contribution in [0.25, 0.3) is 0 Å². The van der Waals surface area contributed by atoms with E-state index in [0.29, 0.717) is 6.04 Å². The second-order valence-corrected chi connectivity index (χ2v) is 5.54. The summed E-state index contributed by atoms with van der Waals surface area (Å²) in [6.45, 7) is 0. The van der Waals surface area contributed by atoms with E-state index in [1.807, 2.05) is 18.5 Å². The fourth-order valence-electron chi connectivity index (χ4n) is 2.44. The predicted molar refractivity (Wildman–Crippen MR) is 70.5 cm³/mol. The van der Waals surface area contributed by atoms with Crippen molar-refractivity contribution in [3.8, 4) is 0 Å². The first kappa shape index (κ1) is 10.5. The van der Waals surface area contributed by atoms with Gasteiger partial charge in [0.25, 0.3) is 0 Å². The molecule has 1 saturated carbocycles. The van der Waals surface area contributed by atoms with Crippen molar-refractivity contribution >= 4 is 35.6 Å². The summed E-state index contributed by atoms with van der Waals surface area (Å²) in [6, 6.07) is 6.69. The molecule has 2 aliphatic rings. The first-order chi connectivity index (χ1) is 7.84. The second kappa shape index (κ2) is 4.30. The largest absolute Gasteiger partial charge is 0.328 e. The summed E-state index contributed by atoms with van der Waals surface area (Å²) in [5.41, 5.74) is 1.26. The summed E-state index contributed by atoms with van der Waals surface area (Å²) in [4.78, 5) is 3.48. The molecule has 4 heteroatoms. The first-order valence-corrected chi connectivity index (χ1v) is 6.78. The molecule has 0 unspecified atom stereocenters. The third kappa shape index (κ3) is 1.82. The summed E-state index contributed by atoms with van der Waals surface area (Å²) in [5, 5.41) is 0.787. The number of nitrogens with zero attached hydrogens (tertiary/aromatic N) is 2. The van der Waals surface area contributed by atoms with Crippen molar-refractivity contribution in [2.75, 3.05) is 4.90 Å². The van der Waals surface area contributed by atoms with Crippen LogP contribution in [0, 0.1) is 0 Å². The van der Waals surface area contributed by atoms with E-state index in [2.05, 4.69) is 15.4 Å². The van der Waals surface area contributed by atoms with E-state index in [-0.39, 0.29) is 0 Å². The molecule has 1 aliphatic heterocycles. The van der Waals surface area contributed by atoms with Gasteiger partial charge in [-0.3, -0.25) is 0 Å². The van der Waals surface area contributed by atoms with Crippen LogP contribution in [-0.2, 0) is 0 Å². The van der Waals surface area contributed by atoms with E-state index in [9.17, 15) is 0 Å². The second-order valence-electron chi connectivity index (χ2n) is 4.27. The third-order valence-electron chi connectivity index (χ3n) is 3.24. The Kier molecular flexibility index (Phi) is 2.82. The summed E-state index contributed by atoms with van der Waals surface area (Å²) in [5.74, 6) is 0. The highest BCUT2D eigenvalue weighted by Crippen LogP contribution is 2.39. The van der Waals surface area contributed by atoms with Crippen LogP contribution in [0.1, 0.15) is 25.7 Å². The maximum atomic E-state index is 6.00. The summed E-state index contributed by atoms with van der Waals surface area (Å²) >= 11 is 7.51. The molecule has 1 aromatic carbocycles. The third-order valence-corrected chi connectivity index (χ3v) is 4.20. The minimum absolute atomic E-state index is 0.629. The van der Waals surface area contributed by atoms with Crippen molar-refractivity contribution in [1.29, 1.82) is 0 Å². The molecule has 1 heterocycles. The Morgan fingerprint density at radius 3 is 2.94 bits per heavy atom. The Morgan fingerprint density at radius 1 is 1.31 bits per heavy atom. The molecule has 0 spiro atoms. The van der Waals surface area contributed by atoms with Crippen LogP contribution in [0.5, 0.6) is 0 Å². The van der Waals surface area contributed by atoms with Crippen molar-refractivity contribution in [2.24, 2.45) is 4.40 Å². The fraction of sp³-hybridized carbons (Fsp3) is 0.417. The van der Waals surface area contributed by atoms with Gasteiger partial charge in [0.2, 0.25) is 0 Å². The van der Waals surface area contributed by atoms with Crippen LogP contribution < -0.4 is 4.90 Å². The molecule has 0 atom stereocenters. The Hall–Kier alpha value is -0.670. The molecular formula is C12H13ClN2S. The van der Waals surface area contributed by atoms with Crippen molar-refractivity contribution in [2.45, 2.75) is 36.6 Å². The highest BCUT2D eigenvalue weighted by Gasteiger charge is 2.25. The normalized spacial score (nSPS) is 20.2. The molecule has 0 bridgehead atoms. The molecule has 1 aliphatic carbocycles. The zero-order chi connectivity index (χ0) is 11.0. The molecule has 0 aromatic heterocycles. The Labute approximate surface area is 105 Å². The van der Waals surface area contributed by atoms with Crippen LogP contribution >= 0.6 is 23.5 Å². The highest BCUT2D eigenvalue weighted by molar-refractivity contribution is 7.98. The first-order valence-electron chi connectivity index (χ1n) is 5.63. The van der Waals surface area contributed by atoms with E-state index >= 15 is 0 Å². The standard InChI is InChI=1S/C12H13ClN2S/c13-9-5-6-11-12(7-9)16-14-8-15(11)10-3-1-2-4-10/h5-8,10H,1-4H2. The molecule has 2 nitrogen and oxygen atoms in total. The van der Waals surface area contributed by atoms with Crippen LogP contribution in [0.4, 0.5) is 5.69 Å². The topological polar surface area (TPSA) is 15.6 Å². The van der Waals surface area contributed by atoms with Gasteiger partial charge >= 0.3 is 0 Å². The van der Waals surface area contributed by atoms with Gasteiger partial charge in [-0.1, -0.05) is 24.4 Å². The van der Waals surface area contributed by atoms with Crippen LogP contribution in [0.15, 0.2) is 27.5 Å². The van der Waals surface area contributed by atoms with Gasteiger partial charge in [-0.2, -0.15) is 0 Å². The fourth-order valence-corrected chi connectivity index (χ4v) is 3.39. The number of fused-ring (bicyclic) bond motifs is 1. The van der Waals surface area contributed by atoms with Crippen molar-refractivity contribution in [1.82, 2.24) is 0 Å². The molecule has 0 amide bonds. The lowest BCUT2D eigenvalue weighted by Crippen LogP contribution is -2.33. The van der Waals surface area contributed by atoms with Crippen LogP contribution in [-0.4, -0.2) is 12.4 Å². The van der Waals surface area contributed by atoms with E-state index in [0.717, 1.165) is 5.02 Å². The molecule has 0 N–H and O–H groups in total. The maximum absolute atomic E-state index is 6.00. The zero-order valence-electron chi connectivity index (χ0n) is 8.90. The van der Waals surface area contributed by atoms with E-state index in [4.69, 9.17) is 11.6 Å². The number of benzene rings is 1. The van der Waals surface area contributed by atoms with Gasteiger partial charge in [-0.15, -0.1) is 0 Å². The van der Waals surface area contributed by atoms with Gasteiger partial charge in [0, 0.05) is 23.0 Å². The monoisotopic (exact) mass is 252 g/mol.